The summed E-state index contributed by atoms with van der Waals surface area (Å²) in [5.41, 5.74) is 1.74. The molecular weight excluding hydrogens is 154 g/mol. The molecule has 4 heteroatoms. The van der Waals surface area contributed by atoms with Gasteiger partial charge in [-0.25, -0.2) is 4.52 Å². The zero-order valence-corrected chi connectivity index (χ0v) is 6.98. The summed E-state index contributed by atoms with van der Waals surface area (Å²) in [4.78, 5) is 4.21. The standard InChI is InChI=1S/C8H9N3O/c1-6-8(12-2)10-7-4-3-5-9-11(6)7/h3-5H,1-2H3. The Morgan fingerprint density at radius 2 is 2.33 bits per heavy atom. The average molecular weight is 163 g/mol. The van der Waals surface area contributed by atoms with Gasteiger partial charge in [-0.2, -0.15) is 10.1 Å². The summed E-state index contributed by atoms with van der Waals surface area (Å²) in [5.74, 6) is 0.633. The molecule has 0 saturated heterocycles. The Bertz CT molecular complexity index is 408. The number of methoxy groups -OCH3 is 1. The number of nitrogens with zero attached hydrogens (tertiary/aromatic N) is 3. The first-order valence-corrected chi connectivity index (χ1v) is 3.67. The maximum absolute atomic E-state index is 5.06. The van der Waals surface area contributed by atoms with E-state index in [0.717, 1.165) is 11.3 Å². The smallest absolute Gasteiger partial charge is 0.237 e. The highest BCUT2D eigenvalue weighted by Gasteiger charge is 2.06. The molecule has 0 radical (unpaired) electrons. The zero-order chi connectivity index (χ0) is 8.55. The van der Waals surface area contributed by atoms with Crippen molar-refractivity contribution in [1.82, 2.24) is 14.6 Å². The molecule has 0 fully saturated rings. The van der Waals surface area contributed by atoms with E-state index in [4.69, 9.17) is 4.74 Å². The van der Waals surface area contributed by atoms with Crippen LogP contribution in [0, 0.1) is 6.92 Å². The maximum Gasteiger partial charge on any atom is 0.237 e. The van der Waals surface area contributed by atoms with Crippen LogP contribution in [0.2, 0.25) is 0 Å². The van der Waals surface area contributed by atoms with Crippen molar-refractivity contribution >= 4 is 5.65 Å². The van der Waals surface area contributed by atoms with Crippen LogP contribution in [0.5, 0.6) is 5.88 Å². The molecule has 0 aromatic carbocycles. The van der Waals surface area contributed by atoms with Crippen LogP contribution >= 0.6 is 0 Å². The summed E-state index contributed by atoms with van der Waals surface area (Å²) in [6, 6.07) is 3.74. The lowest BCUT2D eigenvalue weighted by Gasteiger charge is -1.93. The lowest BCUT2D eigenvalue weighted by Crippen LogP contribution is -1.92. The molecule has 62 valence electrons. The number of hydrogen-bond acceptors (Lipinski definition) is 3. The van der Waals surface area contributed by atoms with Gasteiger partial charge in [-0.15, -0.1) is 0 Å². The van der Waals surface area contributed by atoms with Crippen molar-refractivity contribution in [3.05, 3.63) is 24.0 Å². The van der Waals surface area contributed by atoms with Gasteiger partial charge in [0.2, 0.25) is 5.88 Å². The van der Waals surface area contributed by atoms with Crippen molar-refractivity contribution in [3.8, 4) is 5.88 Å². The van der Waals surface area contributed by atoms with E-state index in [0.29, 0.717) is 5.88 Å². The second kappa shape index (κ2) is 2.48. The molecule has 0 unspecified atom stereocenters. The van der Waals surface area contributed by atoms with Gasteiger partial charge < -0.3 is 4.74 Å². The normalized spacial score (nSPS) is 10.5. The third kappa shape index (κ3) is 0.845. The van der Waals surface area contributed by atoms with Crippen molar-refractivity contribution in [1.29, 1.82) is 0 Å². The van der Waals surface area contributed by atoms with E-state index < -0.39 is 0 Å². The fourth-order valence-corrected chi connectivity index (χ4v) is 1.18. The van der Waals surface area contributed by atoms with Crippen LogP contribution in [-0.2, 0) is 0 Å². The summed E-state index contributed by atoms with van der Waals surface area (Å²) in [6.45, 7) is 1.92. The number of rotatable bonds is 1. The lowest BCUT2D eigenvalue weighted by atomic mass is 10.5. The van der Waals surface area contributed by atoms with Crippen molar-refractivity contribution < 1.29 is 4.74 Å². The van der Waals surface area contributed by atoms with Crippen LogP contribution in [0.25, 0.3) is 5.65 Å². The molecule has 2 heterocycles. The van der Waals surface area contributed by atoms with Gasteiger partial charge in [-0.3, -0.25) is 0 Å². The summed E-state index contributed by atoms with van der Waals surface area (Å²) >= 11 is 0. The van der Waals surface area contributed by atoms with E-state index in [-0.39, 0.29) is 0 Å². The van der Waals surface area contributed by atoms with Crippen molar-refractivity contribution in [2.45, 2.75) is 6.92 Å². The van der Waals surface area contributed by atoms with E-state index in [9.17, 15) is 0 Å². The molecule has 0 aliphatic heterocycles. The average Bonchev–Trinajstić information content (AvgIpc) is 2.44. The SMILES string of the molecule is COc1nc2cccnn2c1C. The van der Waals surface area contributed by atoms with Gasteiger partial charge >= 0.3 is 0 Å². The Labute approximate surface area is 69.8 Å². The Morgan fingerprint density at radius 3 is 3.00 bits per heavy atom. The largest absolute Gasteiger partial charge is 0.480 e. The van der Waals surface area contributed by atoms with E-state index in [1.165, 1.54) is 0 Å². The molecule has 0 aliphatic carbocycles. The summed E-state index contributed by atoms with van der Waals surface area (Å²) < 4.78 is 6.81. The second-order valence-electron chi connectivity index (χ2n) is 2.50. The van der Waals surface area contributed by atoms with Crippen LogP contribution in [0.4, 0.5) is 0 Å². The third-order valence-corrected chi connectivity index (χ3v) is 1.77. The zero-order valence-electron chi connectivity index (χ0n) is 6.98. The van der Waals surface area contributed by atoms with Crippen molar-refractivity contribution in [2.24, 2.45) is 0 Å². The number of hydrogen-bond donors (Lipinski definition) is 0. The van der Waals surface area contributed by atoms with Crippen LogP contribution in [0.1, 0.15) is 5.69 Å². The predicted molar refractivity (Wildman–Crippen MR) is 44.3 cm³/mol. The third-order valence-electron chi connectivity index (χ3n) is 1.77. The summed E-state index contributed by atoms with van der Waals surface area (Å²) in [7, 11) is 1.61. The first-order valence-electron chi connectivity index (χ1n) is 3.67. The fourth-order valence-electron chi connectivity index (χ4n) is 1.18. The fraction of sp³-hybridized carbons (Fsp3) is 0.250. The molecule has 0 bridgehead atoms. The molecular formula is C8H9N3O. The Morgan fingerprint density at radius 1 is 1.50 bits per heavy atom. The monoisotopic (exact) mass is 163 g/mol. The molecule has 2 rings (SSSR count). The van der Waals surface area contributed by atoms with Gasteiger partial charge in [0.15, 0.2) is 5.65 Å². The van der Waals surface area contributed by atoms with E-state index in [1.807, 2.05) is 19.1 Å². The molecule has 0 spiro atoms. The Kier molecular flexibility index (Phi) is 1.46. The Hall–Kier alpha value is -1.58. The van der Waals surface area contributed by atoms with Crippen LogP contribution in [0.15, 0.2) is 18.3 Å². The minimum atomic E-state index is 0.633. The van der Waals surface area contributed by atoms with E-state index in [1.54, 1.807) is 17.8 Å². The van der Waals surface area contributed by atoms with Gasteiger partial charge in [-0.05, 0) is 19.1 Å². The molecule has 2 aromatic rings. The molecule has 0 atom stereocenters. The van der Waals surface area contributed by atoms with Crippen molar-refractivity contribution in [2.75, 3.05) is 7.11 Å². The minimum Gasteiger partial charge on any atom is -0.480 e. The van der Waals surface area contributed by atoms with Crippen LogP contribution in [0.3, 0.4) is 0 Å². The molecule has 12 heavy (non-hydrogen) atoms. The number of aromatic nitrogens is 3. The molecule has 0 N–H and O–H groups in total. The molecule has 0 aliphatic rings. The van der Waals surface area contributed by atoms with Gasteiger partial charge in [0.1, 0.15) is 5.69 Å². The number of imidazole rings is 1. The first kappa shape index (κ1) is 7.09. The second-order valence-corrected chi connectivity index (χ2v) is 2.50. The van der Waals surface area contributed by atoms with Gasteiger partial charge in [-0.1, -0.05) is 0 Å². The van der Waals surface area contributed by atoms with Crippen LogP contribution in [-0.4, -0.2) is 21.7 Å². The minimum absolute atomic E-state index is 0.633. The van der Waals surface area contributed by atoms with E-state index >= 15 is 0 Å². The summed E-state index contributed by atoms with van der Waals surface area (Å²) in [5, 5.41) is 4.12. The predicted octanol–water partition coefficient (Wildman–Crippen LogP) is 1.05. The maximum atomic E-state index is 5.06. The van der Waals surface area contributed by atoms with Gasteiger partial charge in [0.25, 0.3) is 0 Å². The molecule has 0 amide bonds. The number of fused-ring (bicyclic) bond motifs is 1. The van der Waals surface area contributed by atoms with Gasteiger partial charge in [0.05, 0.1) is 7.11 Å². The highest BCUT2D eigenvalue weighted by atomic mass is 16.5. The number of ether oxygens (including phenoxy) is 1. The Balaban J connectivity index is 2.78. The molecule has 2 aromatic heterocycles. The van der Waals surface area contributed by atoms with Crippen molar-refractivity contribution in [3.63, 3.8) is 0 Å². The van der Waals surface area contributed by atoms with Gasteiger partial charge in [0, 0.05) is 6.20 Å². The lowest BCUT2D eigenvalue weighted by molar-refractivity contribution is 0.397. The first-order chi connectivity index (χ1) is 5.83. The van der Waals surface area contributed by atoms with E-state index in [2.05, 4.69) is 10.1 Å². The number of aryl methyl sites for hydroxylation is 1. The highest BCUT2D eigenvalue weighted by molar-refractivity contribution is 5.43. The molecule has 4 nitrogen and oxygen atoms in total. The topological polar surface area (TPSA) is 39.4 Å². The highest BCUT2D eigenvalue weighted by Crippen LogP contribution is 2.15. The molecule has 0 saturated carbocycles. The summed E-state index contributed by atoms with van der Waals surface area (Å²) in [6.07, 6.45) is 1.72. The van der Waals surface area contributed by atoms with Crippen LogP contribution < -0.4 is 4.74 Å². The quantitative estimate of drug-likeness (QED) is 0.630.